The first-order valence-corrected chi connectivity index (χ1v) is 9.28. The average molecular weight is 346 g/mol. The Hall–Kier alpha value is -2.15. The highest BCUT2D eigenvalue weighted by molar-refractivity contribution is 7.08. The van der Waals surface area contributed by atoms with Crippen LogP contribution in [0.1, 0.15) is 54.1 Å². The molecule has 1 fully saturated rings. The number of hydrogen-bond acceptors (Lipinski definition) is 4. The number of likely N-dealkylation sites (tertiary alicyclic amines) is 1. The molecule has 0 saturated carbocycles. The molecule has 1 saturated heterocycles. The van der Waals surface area contributed by atoms with E-state index in [1.807, 2.05) is 21.9 Å². The number of rotatable bonds is 6. The van der Waals surface area contributed by atoms with E-state index in [-0.39, 0.29) is 17.9 Å². The molecule has 1 atom stereocenters. The van der Waals surface area contributed by atoms with Crippen molar-refractivity contribution in [2.75, 3.05) is 13.1 Å². The van der Waals surface area contributed by atoms with Crippen LogP contribution in [0.5, 0.6) is 0 Å². The highest BCUT2D eigenvalue weighted by Crippen LogP contribution is 2.30. The SMILES string of the molecule is O=C(NCCCC(=O)N1CCCC[C@@H]1c1cn[nH]c1)c1ccsc1. The second-order valence-electron chi connectivity index (χ2n) is 6.00. The van der Waals surface area contributed by atoms with Crippen LogP contribution in [-0.4, -0.2) is 40.0 Å². The minimum absolute atomic E-state index is 0.0713. The Bertz CT molecular complexity index is 654. The van der Waals surface area contributed by atoms with Crippen LogP contribution in [0.15, 0.2) is 29.2 Å². The van der Waals surface area contributed by atoms with E-state index in [1.54, 1.807) is 12.3 Å². The Morgan fingerprint density at radius 2 is 2.33 bits per heavy atom. The molecule has 2 aromatic rings. The predicted octanol–water partition coefficient (Wildman–Crippen LogP) is 2.74. The van der Waals surface area contributed by atoms with Crippen molar-refractivity contribution in [1.82, 2.24) is 20.4 Å². The zero-order valence-electron chi connectivity index (χ0n) is 13.5. The summed E-state index contributed by atoms with van der Waals surface area (Å²) in [7, 11) is 0. The van der Waals surface area contributed by atoms with E-state index in [9.17, 15) is 9.59 Å². The van der Waals surface area contributed by atoms with E-state index < -0.39 is 0 Å². The van der Waals surface area contributed by atoms with Gasteiger partial charge >= 0.3 is 0 Å². The lowest BCUT2D eigenvalue weighted by Crippen LogP contribution is -2.38. The standard InChI is InChI=1S/C17H22N4O2S/c22-16(5-3-7-18-17(23)13-6-9-24-12-13)21-8-2-1-4-15(21)14-10-19-20-11-14/h6,9-12,15H,1-5,7-8H2,(H,18,23)(H,19,20)/t15-/m1/s1. The molecule has 2 amide bonds. The fourth-order valence-corrected chi connectivity index (χ4v) is 3.74. The topological polar surface area (TPSA) is 78.1 Å². The molecule has 2 aromatic heterocycles. The molecule has 3 rings (SSSR count). The van der Waals surface area contributed by atoms with Gasteiger partial charge < -0.3 is 10.2 Å². The van der Waals surface area contributed by atoms with Crippen molar-refractivity contribution in [3.05, 3.63) is 40.3 Å². The number of carbonyl (C=O) groups excluding carboxylic acids is 2. The van der Waals surface area contributed by atoms with Gasteiger partial charge in [0.05, 0.1) is 12.2 Å². The minimum Gasteiger partial charge on any atom is -0.352 e. The van der Waals surface area contributed by atoms with Crippen molar-refractivity contribution in [2.24, 2.45) is 0 Å². The summed E-state index contributed by atoms with van der Waals surface area (Å²) < 4.78 is 0. The van der Waals surface area contributed by atoms with E-state index >= 15 is 0 Å². The molecule has 6 nitrogen and oxygen atoms in total. The van der Waals surface area contributed by atoms with Gasteiger partial charge in [0.2, 0.25) is 5.91 Å². The van der Waals surface area contributed by atoms with Gasteiger partial charge in [0.25, 0.3) is 5.91 Å². The van der Waals surface area contributed by atoms with E-state index in [0.29, 0.717) is 24.9 Å². The van der Waals surface area contributed by atoms with Crippen LogP contribution in [0.2, 0.25) is 0 Å². The van der Waals surface area contributed by atoms with E-state index in [2.05, 4.69) is 15.5 Å². The van der Waals surface area contributed by atoms with E-state index in [1.165, 1.54) is 11.3 Å². The van der Waals surface area contributed by atoms with Crippen molar-refractivity contribution in [3.8, 4) is 0 Å². The van der Waals surface area contributed by atoms with Crippen LogP contribution in [0.4, 0.5) is 0 Å². The number of piperidine rings is 1. The van der Waals surface area contributed by atoms with Gasteiger partial charge in [-0.05, 0) is 37.1 Å². The molecule has 0 spiro atoms. The third-order valence-corrected chi connectivity index (χ3v) is 5.05. The number of nitrogens with zero attached hydrogens (tertiary/aromatic N) is 2. The lowest BCUT2D eigenvalue weighted by molar-refractivity contribution is -0.135. The van der Waals surface area contributed by atoms with Crippen molar-refractivity contribution >= 4 is 23.2 Å². The molecule has 1 aliphatic rings. The number of aromatic nitrogens is 2. The number of nitrogens with one attached hydrogen (secondary N) is 2. The van der Waals surface area contributed by atoms with Crippen LogP contribution in [-0.2, 0) is 4.79 Å². The molecule has 0 aromatic carbocycles. The smallest absolute Gasteiger partial charge is 0.252 e. The zero-order valence-corrected chi connectivity index (χ0v) is 14.3. The summed E-state index contributed by atoms with van der Waals surface area (Å²) in [6.07, 6.45) is 7.96. The number of amides is 2. The maximum atomic E-state index is 12.6. The van der Waals surface area contributed by atoms with Crippen molar-refractivity contribution in [3.63, 3.8) is 0 Å². The summed E-state index contributed by atoms with van der Waals surface area (Å²) in [5, 5.41) is 13.4. The van der Waals surface area contributed by atoms with Gasteiger partial charge in [-0.2, -0.15) is 16.4 Å². The molecule has 2 N–H and O–H groups in total. The van der Waals surface area contributed by atoms with Crippen LogP contribution >= 0.6 is 11.3 Å². The summed E-state index contributed by atoms with van der Waals surface area (Å²) in [5.41, 5.74) is 1.76. The number of thiophene rings is 1. The molecule has 0 radical (unpaired) electrons. The normalized spacial score (nSPS) is 17.7. The molecule has 24 heavy (non-hydrogen) atoms. The van der Waals surface area contributed by atoms with Gasteiger partial charge in [-0.25, -0.2) is 0 Å². The van der Waals surface area contributed by atoms with Crippen molar-refractivity contribution in [2.45, 2.75) is 38.1 Å². The fraction of sp³-hybridized carbons (Fsp3) is 0.471. The third-order valence-electron chi connectivity index (χ3n) is 4.36. The van der Waals surface area contributed by atoms with Gasteiger partial charge in [0.15, 0.2) is 0 Å². The van der Waals surface area contributed by atoms with Crippen LogP contribution < -0.4 is 5.32 Å². The van der Waals surface area contributed by atoms with Gasteiger partial charge in [-0.15, -0.1) is 0 Å². The zero-order chi connectivity index (χ0) is 16.8. The second-order valence-corrected chi connectivity index (χ2v) is 6.78. The molecule has 3 heterocycles. The first-order chi connectivity index (χ1) is 11.8. The molecule has 7 heteroatoms. The Balaban J connectivity index is 1.46. The summed E-state index contributed by atoms with van der Waals surface area (Å²) >= 11 is 1.50. The Morgan fingerprint density at radius 3 is 3.08 bits per heavy atom. The predicted molar refractivity (Wildman–Crippen MR) is 92.8 cm³/mol. The van der Waals surface area contributed by atoms with Crippen molar-refractivity contribution < 1.29 is 9.59 Å². The maximum Gasteiger partial charge on any atom is 0.252 e. The monoisotopic (exact) mass is 346 g/mol. The molecule has 128 valence electrons. The first-order valence-electron chi connectivity index (χ1n) is 8.34. The average Bonchev–Trinajstić information content (AvgIpc) is 3.32. The Morgan fingerprint density at radius 1 is 1.42 bits per heavy atom. The second kappa shape index (κ2) is 8.10. The van der Waals surface area contributed by atoms with Gasteiger partial charge in [-0.1, -0.05) is 0 Å². The number of carbonyl (C=O) groups is 2. The van der Waals surface area contributed by atoms with Gasteiger partial charge in [0.1, 0.15) is 0 Å². The van der Waals surface area contributed by atoms with E-state index in [4.69, 9.17) is 0 Å². The Labute approximate surface area is 145 Å². The molecule has 0 unspecified atom stereocenters. The number of hydrogen-bond donors (Lipinski definition) is 2. The van der Waals surface area contributed by atoms with Crippen molar-refractivity contribution in [1.29, 1.82) is 0 Å². The fourth-order valence-electron chi connectivity index (χ4n) is 3.10. The summed E-state index contributed by atoms with van der Waals surface area (Å²) in [6, 6.07) is 1.93. The third kappa shape index (κ3) is 4.03. The summed E-state index contributed by atoms with van der Waals surface area (Å²) in [5.74, 6) is 0.0867. The molecular weight excluding hydrogens is 324 g/mol. The minimum atomic E-state index is -0.0713. The summed E-state index contributed by atoms with van der Waals surface area (Å²) in [4.78, 5) is 26.4. The lowest BCUT2D eigenvalue weighted by atomic mass is 9.97. The number of H-pyrrole nitrogens is 1. The molecule has 0 bridgehead atoms. The summed E-state index contributed by atoms with van der Waals surface area (Å²) in [6.45, 7) is 1.32. The lowest BCUT2D eigenvalue weighted by Gasteiger charge is -2.35. The molecular formula is C17H22N4O2S. The number of aromatic amines is 1. The van der Waals surface area contributed by atoms with Crippen LogP contribution in [0.3, 0.4) is 0 Å². The Kier molecular flexibility index (Phi) is 5.63. The molecule has 1 aliphatic heterocycles. The van der Waals surface area contributed by atoms with Crippen LogP contribution in [0.25, 0.3) is 0 Å². The first kappa shape index (κ1) is 16.7. The highest BCUT2D eigenvalue weighted by Gasteiger charge is 2.28. The maximum absolute atomic E-state index is 12.6. The van der Waals surface area contributed by atoms with E-state index in [0.717, 1.165) is 31.4 Å². The molecule has 0 aliphatic carbocycles. The largest absolute Gasteiger partial charge is 0.352 e. The van der Waals surface area contributed by atoms with Gasteiger partial charge in [-0.3, -0.25) is 14.7 Å². The van der Waals surface area contributed by atoms with Gasteiger partial charge in [0, 0.05) is 42.2 Å². The van der Waals surface area contributed by atoms with Crippen LogP contribution in [0, 0.1) is 0 Å². The highest BCUT2D eigenvalue weighted by atomic mass is 32.1. The quantitative estimate of drug-likeness (QED) is 0.790.